The molecular formula is C8H15NO4. The molecule has 1 amide bonds. The highest BCUT2D eigenvalue weighted by atomic mass is 16.7. The molecule has 0 aromatic carbocycles. The number of epoxide rings is 1. The first-order chi connectivity index (χ1) is 5.81. The fraction of sp³-hybridized carbons (Fsp3) is 0.875. The van der Waals surface area contributed by atoms with Gasteiger partial charge in [-0.25, -0.2) is 4.79 Å². The molecule has 5 heteroatoms. The average Bonchev–Trinajstić information content (AvgIpc) is 2.62. The Kier molecular flexibility index (Phi) is 2.49. The summed E-state index contributed by atoms with van der Waals surface area (Å²) in [6, 6.07) is 0. The molecule has 1 rings (SSSR count). The van der Waals surface area contributed by atoms with Crippen molar-refractivity contribution in [3.05, 3.63) is 0 Å². The summed E-state index contributed by atoms with van der Waals surface area (Å²) in [5, 5.41) is 11.6. The molecule has 5 nitrogen and oxygen atoms in total. The number of aliphatic hydroxyl groups is 1. The van der Waals surface area contributed by atoms with Crippen LogP contribution in [0.4, 0.5) is 4.79 Å². The SMILES string of the molecule is CC(C)(C)OC(=O)NCC1(O)CO1. The second-order valence-corrected chi connectivity index (χ2v) is 4.09. The smallest absolute Gasteiger partial charge is 0.407 e. The van der Waals surface area contributed by atoms with Crippen molar-refractivity contribution in [3.8, 4) is 0 Å². The fourth-order valence-corrected chi connectivity index (χ4v) is 0.710. The zero-order chi connectivity index (χ0) is 10.1. The number of hydrogen-bond donors (Lipinski definition) is 2. The van der Waals surface area contributed by atoms with Crippen molar-refractivity contribution in [1.82, 2.24) is 5.32 Å². The second-order valence-electron chi connectivity index (χ2n) is 4.09. The number of rotatable bonds is 2. The van der Waals surface area contributed by atoms with Crippen molar-refractivity contribution < 1.29 is 19.4 Å². The summed E-state index contributed by atoms with van der Waals surface area (Å²) >= 11 is 0. The molecule has 13 heavy (non-hydrogen) atoms. The molecule has 0 bridgehead atoms. The molecule has 2 N–H and O–H groups in total. The minimum atomic E-state index is -1.16. The van der Waals surface area contributed by atoms with Gasteiger partial charge in [-0.1, -0.05) is 0 Å². The molecule has 0 radical (unpaired) electrons. The molecule has 0 aliphatic carbocycles. The molecule has 1 fully saturated rings. The summed E-state index contributed by atoms with van der Waals surface area (Å²) in [7, 11) is 0. The summed E-state index contributed by atoms with van der Waals surface area (Å²) < 4.78 is 9.61. The van der Waals surface area contributed by atoms with Crippen molar-refractivity contribution in [1.29, 1.82) is 0 Å². The van der Waals surface area contributed by atoms with E-state index in [1.165, 1.54) is 0 Å². The van der Waals surface area contributed by atoms with Crippen LogP contribution < -0.4 is 5.32 Å². The largest absolute Gasteiger partial charge is 0.444 e. The predicted molar refractivity (Wildman–Crippen MR) is 45.1 cm³/mol. The van der Waals surface area contributed by atoms with E-state index < -0.39 is 17.5 Å². The molecule has 1 atom stereocenters. The van der Waals surface area contributed by atoms with E-state index in [1.807, 2.05) is 0 Å². The van der Waals surface area contributed by atoms with Gasteiger partial charge in [0.15, 0.2) is 0 Å². The van der Waals surface area contributed by atoms with Crippen molar-refractivity contribution in [3.63, 3.8) is 0 Å². The third kappa shape index (κ3) is 4.10. The Hall–Kier alpha value is -0.810. The first-order valence-electron chi connectivity index (χ1n) is 4.14. The van der Waals surface area contributed by atoms with Crippen LogP contribution in [0.25, 0.3) is 0 Å². The van der Waals surface area contributed by atoms with E-state index in [-0.39, 0.29) is 13.2 Å². The third-order valence-corrected chi connectivity index (χ3v) is 1.39. The first-order valence-corrected chi connectivity index (χ1v) is 4.14. The highest BCUT2D eigenvalue weighted by Crippen LogP contribution is 2.21. The van der Waals surface area contributed by atoms with Gasteiger partial charge in [0.25, 0.3) is 0 Å². The van der Waals surface area contributed by atoms with Crippen LogP contribution in [0.3, 0.4) is 0 Å². The summed E-state index contributed by atoms with van der Waals surface area (Å²) in [5.41, 5.74) is -0.517. The quantitative estimate of drug-likeness (QED) is 0.610. The van der Waals surface area contributed by atoms with E-state index >= 15 is 0 Å². The monoisotopic (exact) mass is 189 g/mol. The van der Waals surface area contributed by atoms with Crippen LogP contribution in [0.2, 0.25) is 0 Å². The van der Waals surface area contributed by atoms with E-state index in [0.717, 1.165) is 0 Å². The van der Waals surface area contributed by atoms with Gasteiger partial charge >= 0.3 is 6.09 Å². The molecular weight excluding hydrogens is 174 g/mol. The maximum absolute atomic E-state index is 11.0. The lowest BCUT2D eigenvalue weighted by Crippen LogP contribution is -2.38. The van der Waals surface area contributed by atoms with E-state index in [9.17, 15) is 9.90 Å². The Morgan fingerprint density at radius 1 is 1.69 bits per heavy atom. The minimum Gasteiger partial charge on any atom is -0.444 e. The van der Waals surface area contributed by atoms with Crippen LogP contribution in [0.15, 0.2) is 0 Å². The second kappa shape index (κ2) is 3.16. The van der Waals surface area contributed by atoms with Crippen LogP contribution in [-0.4, -0.2) is 35.7 Å². The number of nitrogens with one attached hydrogen (secondary N) is 1. The molecule has 0 aromatic rings. The number of ether oxygens (including phenoxy) is 2. The van der Waals surface area contributed by atoms with Crippen molar-refractivity contribution in [2.75, 3.05) is 13.2 Å². The molecule has 0 aromatic heterocycles. The minimum absolute atomic E-state index is 0.0713. The molecule has 1 aliphatic rings. The van der Waals surface area contributed by atoms with Crippen molar-refractivity contribution >= 4 is 6.09 Å². The normalized spacial score (nSPS) is 26.8. The molecule has 1 heterocycles. The number of amides is 1. The number of hydrogen-bond acceptors (Lipinski definition) is 4. The van der Waals surface area contributed by atoms with Crippen LogP contribution in [0, 0.1) is 0 Å². The van der Waals surface area contributed by atoms with Gasteiger partial charge in [0.2, 0.25) is 5.79 Å². The average molecular weight is 189 g/mol. The highest BCUT2D eigenvalue weighted by molar-refractivity contribution is 5.67. The Morgan fingerprint density at radius 3 is 2.62 bits per heavy atom. The van der Waals surface area contributed by atoms with Gasteiger partial charge in [-0.05, 0) is 20.8 Å². The van der Waals surface area contributed by atoms with Crippen LogP contribution in [0.1, 0.15) is 20.8 Å². The predicted octanol–water partition coefficient (Wildman–Crippen LogP) is 0.230. The lowest BCUT2D eigenvalue weighted by Gasteiger charge is -2.19. The van der Waals surface area contributed by atoms with E-state index in [1.54, 1.807) is 20.8 Å². The van der Waals surface area contributed by atoms with Gasteiger partial charge in [0.05, 0.1) is 6.54 Å². The summed E-state index contributed by atoms with van der Waals surface area (Å²) in [6.45, 7) is 5.66. The van der Waals surface area contributed by atoms with Crippen molar-refractivity contribution in [2.24, 2.45) is 0 Å². The van der Waals surface area contributed by atoms with Crippen LogP contribution >= 0.6 is 0 Å². The van der Waals surface area contributed by atoms with Gasteiger partial charge in [-0.3, -0.25) is 0 Å². The first kappa shape index (κ1) is 10.3. The maximum atomic E-state index is 11.0. The van der Waals surface area contributed by atoms with Crippen LogP contribution in [0.5, 0.6) is 0 Å². The zero-order valence-electron chi connectivity index (χ0n) is 8.09. The number of alkyl carbamates (subject to hydrolysis) is 1. The van der Waals surface area contributed by atoms with Crippen molar-refractivity contribution in [2.45, 2.75) is 32.2 Å². The third-order valence-electron chi connectivity index (χ3n) is 1.39. The van der Waals surface area contributed by atoms with Crippen LogP contribution in [-0.2, 0) is 9.47 Å². The Labute approximate surface area is 77.0 Å². The number of carbonyl (C=O) groups excluding carboxylic acids is 1. The molecule has 1 saturated heterocycles. The standard InChI is InChI=1S/C8H15NO4/c1-7(2,3)13-6(10)9-4-8(11)5-12-8/h11H,4-5H2,1-3H3,(H,9,10). The fourth-order valence-electron chi connectivity index (χ4n) is 0.710. The molecule has 0 saturated carbocycles. The van der Waals surface area contributed by atoms with E-state index in [2.05, 4.69) is 10.1 Å². The van der Waals surface area contributed by atoms with Gasteiger partial charge in [-0.2, -0.15) is 0 Å². The van der Waals surface area contributed by atoms with Gasteiger partial charge < -0.3 is 19.9 Å². The molecule has 0 spiro atoms. The molecule has 1 unspecified atom stereocenters. The summed E-state index contributed by atoms with van der Waals surface area (Å²) in [6.07, 6.45) is -0.545. The van der Waals surface area contributed by atoms with Gasteiger partial charge in [-0.15, -0.1) is 0 Å². The lowest BCUT2D eigenvalue weighted by molar-refractivity contribution is 0.0225. The molecule has 1 aliphatic heterocycles. The van der Waals surface area contributed by atoms with E-state index in [4.69, 9.17) is 4.74 Å². The lowest BCUT2D eigenvalue weighted by atomic mass is 10.2. The molecule has 76 valence electrons. The summed E-state index contributed by atoms with van der Waals surface area (Å²) in [4.78, 5) is 11.0. The van der Waals surface area contributed by atoms with E-state index in [0.29, 0.717) is 0 Å². The number of carbonyl (C=O) groups is 1. The highest BCUT2D eigenvalue weighted by Gasteiger charge is 2.43. The Bertz CT molecular complexity index is 205. The summed E-state index contributed by atoms with van der Waals surface area (Å²) in [5.74, 6) is -1.16. The van der Waals surface area contributed by atoms with Gasteiger partial charge in [0, 0.05) is 0 Å². The Morgan fingerprint density at radius 2 is 2.23 bits per heavy atom. The Balaban J connectivity index is 2.18. The topological polar surface area (TPSA) is 71.1 Å². The maximum Gasteiger partial charge on any atom is 0.407 e. The van der Waals surface area contributed by atoms with Gasteiger partial charge in [0.1, 0.15) is 12.2 Å². The zero-order valence-corrected chi connectivity index (χ0v) is 8.09.